The minimum Gasteiger partial charge on any atom is -0.497 e. The third-order valence-corrected chi connectivity index (χ3v) is 3.88. The molecule has 5 heteroatoms. The summed E-state index contributed by atoms with van der Waals surface area (Å²) < 4.78 is 10.4. The van der Waals surface area contributed by atoms with Gasteiger partial charge >= 0.3 is 0 Å². The molecule has 116 valence electrons. The summed E-state index contributed by atoms with van der Waals surface area (Å²) in [5.74, 6) is 1.79. The first-order valence-electron chi connectivity index (χ1n) is 7.33. The van der Waals surface area contributed by atoms with Gasteiger partial charge in [0, 0.05) is 25.2 Å². The van der Waals surface area contributed by atoms with Gasteiger partial charge in [0.2, 0.25) is 0 Å². The maximum absolute atomic E-state index is 12.5. The lowest BCUT2D eigenvalue weighted by Crippen LogP contribution is -2.39. The van der Waals surface area contributed by atoms with E-state index in [0.717, 1.165) is 19.6 Å². The van der Waals surface area contributed by atoms with Crippen LogP contribution in [0, 0.1) is 5.92 Å². The second-order valence-corrected chi connectivity index (χ2v) is 5.50. The number of methoxy groups -OCH3 is 2. The van der Waals surface area contributed by atoms with Crippen molar-refractivity contribution in [1.29, 1.82) is 0 Å². The van der Waals surface area contributed by atoms with E-state index in [0.29, 0.717) is 23.0 Å². The van der Waals surface area contributed by atoms with Gasteiger partial charge in [0.25, 0.3) is 5.91 Å². The van der Waals surface area contributed by atoms with Crippen molar-refractivity contribution >= 4 is 5.91 Å². The van der Waals surface area contributed by atoms with Crippen LogP contribution >= 0.6 is 0 Å². The minimum absolute atomic E-state index is 0.00206. The summed E-state index contributed by atoms with van der Waals surface area (Å²) in [5, 5.41) is 3.38. The molecule has 0 aromatic heterocycles. The van der Waals surface area contributed by atoms with Crippen LogP contribution < -0.4 is 14.8 Å². The van der Waals surface area contributed by atoms with Crippen LogP contribution in [0.25, 0.3) is 0 Å². The van der Waals surface area contributed by atoms with Crippen molar-refractivity contribution in [3.63, 3.8) is 0 Å². The van der Waals surface area contributed by atoms with Gasteiger partial charge in [0.15, 0.2) is 0 Å². The molecule has 1 saturated heterocycles. The highest BCUT2D eigenvalue weighted by atomic mass is 16.5. The highest BCUT2D eigenvalue weighted by Gasteiger charge is 2.20. The molecule has 1 aliphatic heterocycles. The molecule has 1 heterocycles. The first-order chi connectivity index (χ1) is 10.1. The molecule has 1 N–H and O–H groups in total. The number of carbonyl (C=O) groups is 1. The van der Waals surface area contributed by atoms with Crippen molar-refractivity contribution in [2.24, 2.45) is 5.92 Å². The molecule has 0 spiro atoms. The maximum atomic E-state index is 12.5. The zero-order valence-corrected chi connectivity index (χ0v) is 13.0. The van der Waals surface area contributed by atoms with Gasteiger partial charge in [-0.05, 0) is 44.0 Å². The second-order valence-electron chi connectivity index (χ2n) is 5.50. The Bertz CT molecular complexity index is 462. The lowest BCUT2D eigenvalue weighted by atomic mass is 9.99. The van der Waals surface area contributed by atoms with E-state index in [1.54, 1.807) is 37.3 Å². The molecule has 1 unspecified atom stereocenters. The van der Waals surface area contributed by atoms with Crippen LogP contribution in [0.4, 0.5) is 0 Å². The summed E-state index contributed by atoms with van der Waals surface area (Å²) in [4.78, 5) is 14.3. The van der Waals surface area contributed by atoms with Crippen LogP contribution in [0.3, 0.4) is 0 Å². The Morgan fingerprint density at radius 3 is 2.48 bits per heavy atom. The Hall–Kier alpha value is -1.75. The molecule has 5 nitrogen and oxygen atoms in total. The standard InChI is InChI=1S/C16H24N2O3/c1-18(11-12-5-4-6-17-10-12)16(19)13-7-14(20-2)9-15(8-13)21-3/h7-9,12,17H,4-6,10-11H2,1-3H3. The maximum Gasteiger partial charge on any atom is 0.253 e. The highest BCUT2D eigenvalue weighted by Crippen LogP contribution is 2.23. The Morgan fingerprint density at radius 1 is 1.29 bits per heavy atom. The predicted octanol–water partition coefficient (Wildman–Crippen LogP) is 1.78. The molecular formula is C16H24N2O3. The molecular weight excluding hydrogens is 268 g/mol. The fourth-order valence-electron chi connectivity index (χ4n) is 2.70. The second kappa shape index (κ2) is 7.31. The lowest BCUT2D eigenvalue weighted by Gasteiger charge is -2.27. The number of nitrogens with zero attached hydrogens (tertiary/aromatic N) is 1. The van der Waals surface area contributed by atoms with E-state index in [-0.39, 0.29) is 5.91 Å². The van der Waals surface area contributed by atoms with Gasteiger partial charge in [-0.3, -0.25) is 4.79 Å². The van der Waals surface area contributed by atoms with Crippen LogP contribution in [-0.4, -0.2) is 51.7 Å². The van der Waals surface area contributed by atoms with Crippen LogP contribution in [0.2, 0.25) is 0 Å². The zero-order chi connectivity index (χ0) is 15.2. The molecule has 0 bridgehead atoms. The normalized spacial score (nSPS) is 18.1. The Kier molecular flexibility index (Phi) is 5.44. The number of amides is 1. The molecule has 1 fully saturated rings. The highest BCUT2D eigenvalue weighted by molar-refractivity contribution is 5.95. The predicted molar refractivity (Wildman–Crippen MR) is 82.1 cm³/mol. The van der Waals surface area contributed by atoms with Crippen LogP contribution in [-0.2, 0) is 0 Å². The van der Waals surface area contributed by atoms with Gasteiger partial charge in [0.05, 0.1) is 14.2 Å². The SMILES string of the molecule is COc1cc(OC)cc(C(=O)N(C)CC2CCCNC2)c1. The summed E-state index contributed by atoms with van der Waals surface area (Å²) in [5.41, 5.74) is 0.595. The molecule has 1 atom stereocenters. The number of benzene rings is 1. The van der Waals surface area contributed by atoms with Crippen molar-refractivity contribution in [3.05, 3.63) is 23.8 Å². The minimum atomic E-state index is -0.00206. The number of ether oxygens (including phenoxy) is 2. The lowest BCUT2D eigenvalue weighted by molar-refractivity contribution is 0.0764. The van der Waals surface area contributed by atoms with Crippen LogP contribution in [0.15, 0.2) is 18.2 Å². The first-order valence-corrected chi connectivity index (χ1v) is 7.33. The zero-order valence-electron chi connectivity index (χ0n) is 13.0. The third kappa shape index (κ3) is 4.11. The van der Waals surface area contributed by atoms with Gasteiger partial charge in [0.1, 0.15) is 11.5 Å². The van der Waals surface area contributed by atoms with Crippen LogP contribution in [0.5, 0.6) is 11.5 Å². The molecule has 1 aliphatic rings. The molecule has 1 aromatic rings. The molecule has 0 saturated carbocycles. The molecule has 1 aromatic carbocycles. The molecule has 2 rings (SSSR count). The fraction of sp³-hybridized carbons (Fsp3) is 0.562. The van der Waals surface area contributed by atoms with E-state index >= 15 is 0 Å². The molecule has 0 aliphatic carbocycles. The number of rotatable bonds is 5. The summed E-state index contributed by atoms with van der Waals surface area (Å²) in [6, 6.07) is 5.27. The van der Waals surface area contributed by atoms with Gasteiger partial charge in [-0.2, -0.15) is 0 Å². The average molecular weight is 292 g/mol. The number of carbonyl (C=O) groups excluding carboxylic acids is 1. The number of hydrogen-bond donors (Lipinski definition) is 1. The van der Waals surface area contributed by atoms with E-state index in [4.69, 9.17) is 9.47 Å². The van der Waals surface area contributed by atoms with Gasteiger partial charge in [-0.1, -0.05) is 0 Å². The van der Waals surface area contributed by atoms with Crippen molar-refractivity contribution in [1.82, 2.24) is 10.2 Å². The van der Waals surface area contributed by atoms with Gasteiger partial charge in [-0.25, -0.2) is 0 Å². The van der Waals surface area contributed by atoms with Crippen molar-refractivity contribution in [2.45, 2.75) is 12.8 Å². The fourth-order valence-corrected chi connectivity index (χ4v) is 2.70. The smallest absolute Gasteiger partial charge is 0.253 e. The number of piperidine rings is 1. The van der Waals surface area contributed by atoms with Crippen molar-refractivity contribution in [3.8, 4) is 11.5 Å². The largest absolute Gasteiger partial charge is 0.497 e. The molecule has 21 heavy (non-hydrogen) atoms. The quantitative estimate of drug-likeness (QED) is 0.899. The molecule has 1 amide bonds. The average Bonchev–Trinajstić information content (AvgIpc) is 2.54. The number of hydrogen-bond acceptors (Lipinski definition) is 4. The number of nitrogens with one attached hydrogen (secondary N) is 1. The van der Waals surface area contributed by atoms with E-state index in [1.807, 2.05) is 7.05 Å². The van der Waals surface area contributed by atoms with Crippen molar-refractivity contribution < 1.29 is 14.3 Å². The van der Waals surface area contributed by atoms with Crippen molar-refractivity contribution in [2.75, 3.05) is 40.9 Å². The summed E-state index contributed by atoms with van der Waals surface area (Å²) >= 11 is 0. The van der Waals surface area contributed by atoms with E-state index in [9.17, 15) is 4.79 Å². The van der Waals surface area contributed by atoms with E-state index in [2.05, 4.69) is 5.32 Å². The van der Waals surface area contributed by atoms with E-state index in [1.165, 1.54) is 12.8 Å². The summed E-state index contributed by atoms with van der Waals surface area (Å²) in [6.45, 7) is 2.84. The third-order valence-electron chi connectivity index (χ3n) is 3.88. The van der Waals surface area contributed by atoms with Gasteiger partial charge < -0.3 is 19.7 Å². The molecule has 0 radical (unpaired) electrons. The van der Waals surface area contributed by atoms with Crippen LogP contribution in [0.1, 0.15) is 23.2 Å². The van der Waals surface area contributed by atoms with Gasteiger partial charge in [-0.15, -0.1) is 0 Å². The Labute approximate surface area is 126 Å². The summed E-state index contributed by atoms with van der Waals surface area (Å²) in [6.07, 6.45) is 2.35. The summed E-state index contributed by atoms with van der Waals surface area (Å²) in [7, 11) is 5.02. The topological polar surface area (TPSA) is 50.8 Å². The first kappa shape index (κ1) is 15.6. The van der Waals surface area contributed by atoms with E-state index < -0.39 is 0 Å². The Morgan fingerprint density at radius 2 is 1.95 bits per heavy atom. The Balaban J connectivity index is 2.07. The monoisotopic (exact) mass is 292 g/mol.